The van der Waals surface area contributed by atoms with Crippen molar-refractivity contribution in [1.82, 2.24) is 5.32 Å². The molecule has 0 spiro atoms. The normalized spacial score (nSPS) is 13.3. The standard InChI is InChI=1S/C24H28N2O5/c1-15(2)22(26-23(28)19-9-4-5-10-20(19)30-3)24(29)31-14-21(27)25-18-12-11-16-7-6-8-17(16)13-18/h4-5,9-13,15,22H,6-8,14H2,1-3H3,(H,25,27)(H,26,28)/t22-/m0/s1. The number of hydrogen-bond donors (Lipinski definition) is 2. The molecule has 7 nitrogen and oxygen atoms in total. The molecule has 2 amide bonds. The molecule has 2 aromatic rings. The van der Waals surface area contributed by atoms with E-state index in [0.717, 1.165) is 19.3 Å². The first-order valence-corrected chi connectivity index (χ1v) is 10.4. The summed E-state index contributed by atoms with van der Waals surface area (Å²) in [5, 5.41) is 5.44. The van der Waals surface area contributed by atoms with Crippen LogP contribution in [-0.2, 0) is 27.2 Å². The number of hydrogen-bond acceptors (Lipinski definition) is 5. The maximum Gasteiger partial charge on any atom is 0.329 e. The van der Waals surface area contributed by atoms with E-state index in [9.17, 15) is 14.4 Å². The van der Waals surface area contributed by atoms with E-state index in [-0.39, 0.29) is 5.92 Å². The van der Waals surface area contributed by atoms with Gasteiger partial charge >= 0.3 is 5.97 Å². The molecule has 2 aromatic carbocycles. The zero-order valence-corrected chi connectivity index (χ0v) is 18.1. The largest absolute Gasteiger partial charge is 0.496 e. The molecule has 0 radical (unpaired) electrons. The highest BCUT2D eigenvalue weighted by Crippen LogP contribution is 2.25. The van der Waals surface area contributed by atoms with E-state index in [1.165, 1.54) is 18.2 Å². The lowest BCUT2D eigenvalue weighted by molar-refractivity contribution is -0.150. The van der Waals surface area contributed by atoms with E-state index in [4.69, 9.17) is 9.47 Å². The van der Waals surface area contributed by atoms with Crippen molar-refractivity contribution in [3.63, 3.8) is 0 Å². The number of anilines is 1. The third-order valence-electron chi connectivity index (χ3n) is 5.29. The molecule has 2 N–H and O–H groups in total. The second-order valence-electron chi connectivity index (χ2n) is 7.89. The van der Waals surface area contributed by atoms with Gasteiger partial charge in [-0.25, -0.2) is 4.79 Å². The number of para-hydroxylation sites is 1. The quantitative estimate of drug-likeness (QED) is 0.635. The van der Waals surface area contributed by atoms with Gasteiger partial charge in [0.15, 0.2) is 6.61 Å². The minimum Gasteiger partial charge on any atom is -0.496 e. The highest BCUT2D eigenvalue weighted by molar-refractivity contribution is 5.99. The number of amides is 2. The van der Waals surface area contributed by atoms with Gasteiger partial charge in [0.05, 0.1) is 12.7 Å². The molecule has 7 heteroatoms. The number of fused-ring (bicyclic) bond motifs is 1. The number of benzene rings is 2. The van der Waals surface area contributed by atoms with Crippen molar-refractivity contribution >= 4 is 23.5 Å². The predicted octanol–water partition coefficient (Wildman–Crippen LogP) is 3.12. The third kappa shape index (κ3) is 5.63. The molecule has 1 aliphatic rings. The third-order valence-corrected chi connectivity index (χ3v) is 5.29. The van der Waals surface area contributed by atoms with Gasteiger partial charge in [-0.05, 0) is 60.6 Å². The molecule has 31 heavy (non-hydrogen) atoms. The van der Waals surface area contributed by atoms with Crippen LogP contribution in [0.5, 0.6) is 5.75 Å². The molecule has 0 heterocycles. The van der Waals surface area contributed by atoms with Crippen molar-refractivity contribution in [2.24, 2.45) is 5.92 Å². The summed E-state index contributed by atoms with van der Waals surface area (Å²) in [4.78, 5) is 37.5. The SMILES string of the molecule is COc1ccccc1C(=O)N[C@H](C(=O)OCC(=O)Nc1ccc2c(c1)CCC2)C(C)C. The van der Waals surface area contributed by atoms with Crippen molar-refractivity contribution in [1.29, 1.82) is 0 Å². The van der Waals surface area contributed by atoms with Gasteiger partial charge in [0, 0.05) is 5.69 Å². The average molecular weight is 424 g/mol. The monoisotopic (exact) mass is 424 g/mol. The van der Waals surface area contributed by atoms with Crippen molar-refractivity contribution in [2.75, 3.05) is 19.0 Å². The zero-order valence-electron chi connectivity index (χ0n) is 18.1. The minimum absolute atomic E-state index is 0.231. The summed E-state index contributed by atoms with van der Waals surface area (Å²) in [7, 11) is 1.47. The van der Waals surface area contributed by atoms with Gasteiger partial charge < -0.3 is 20.1 Å². The Kier molecular flexibility index (Phi) is 7.28. The Morgan fingerprint density at radius 1 is 1.03 bits per heavy atom. The molecule has 3 rings (SSSR count). The Balaban J connectivity index is 1.56. The molecule has 0 unspecified atom stereocenters. The second-order valence-corrected chi connectivity index (χ2v) is 7.89. The number of nitrogens with one attached hydrogen (secondary N) is 2. The summed E-state index contributed by atoms with van der Waals surface area (Å²) in [5.74, 6) is -1.36. The zero-order chi connectivity index (χ0) is 22.4. The van der Waals surface area contributed by atoms with Gasteiger partial charge in [0.2, 0.25) is 0 Å². The Morgan fingerprint density at radius 3 is 2.52 bits per heavy atom. The Morgan fingerprint density at radius 2 is 1.77 bits per heavy atom. The van der Waals surface area contributed by atoms with Crippen molar-refractivity contribution in [2.45, 2.75) is 39.2 Å². The minimum atomic E-state index is -0.898. The summed E-state index contributed by atoms with van der Waals surface area (Å²) in [6.07, 6.45) is 3.20. The maximum atomic E-state index is 12.6. The molecule has 0 bridgehead atoms. The van der Waals surface area contributed by atoms with Crippen LogP contribution in [0.25, 0.3) is 0 Å². The number of rotatable bonds is 8. The van der Waals surface area contributed by atoms with E-state index in [0.29, 0.717) is 17.0 Å². The fraction of sp³-hybridized carbons (Fsp3) is 0.375. The summed E-state index contributed by atoms with van der Waals surface area (Å²) in [6.45, 7) is 3.15. The van der Waals surface area contributed by atoms with Crippen LogP contribution in [0.4, 0.5) is 5.69 Å². The van der Waals surface area contributed by atoms with Crippen LogP contribution >= 0.6 is 0 Å². The van der Waals surface area contributed by atoms with E-state index >= 15 is 0 Å². The molecule has 0 saturated carbocycles. The summed E-state index contributed by atoms with van der Waals surface area (Å²) >= 11 is 0. The van der Waals surface area contributed by atoms with Crippen LogP contribution in [0.3, 0.4) is 0 Å². The first-order chi connectivity index (χ1) is 14.9. The van der Waals surface area contributed by atoms with Gasteiger partial charge in [0.25, 0.3) is 11.8 Å². The average Bonchev–Trinajstić information content (AvgIpc) is 3.23. The smallest absolute Gasteiger partial charge is 0.329 e. The molecule has 0 aliphatic heterocycles. The number of aryl methyl sites for hydroxylation is 2. The Labute approximate surface area is 182 Å². The highest BCUT2D eigenvalue weighted by atomic mass is 16.5. The molecular formula is C24H28N2O5. The van der Waals surface area contributed by atoms with Gasteiger partial charge in [-0.15, -0.1) is 0 Å². The van der Waals surface area contributed by atoms with E-state index in [1.54, 1.807) is 38.1 Å². The van der Waals surface area contributed by atoms with Crippen molar-refractivity contribution < 1.29 is 23.9 Å². The Hall–Kier alpha value is -3.35. The van der Waals surface area contributed by atoms with Crippen LogP contribution in [0.2, 0.25) is 0 Å². The van der Waals surface area contributed by atoms with Crippen LogP contribution in [0, 0.1) is 5.92 Å². The lowest BCUT2D eigenvalue weighted by Gasteiger charge is -2.21. The van der Waals surface area contributed by atoms with Crippen molar-refractivity contribution in [3.05, 3.63) is 59.2 Å². The van der Waals surface area contributed by atoms with Crippen molar-refractivity contribution in [3.8, 4) is 5.75 Å². The summed E-state index contributed by atoms with van der Waals surface area (Å²) in [6, 6.07) is 11.7. The number of ether oxygens (including phenoxy) is 2. The fourth-order valence-electron chi connectivity index (χ4n) is 3.62. The first-order valence-electron chi connectivity index (χ1n) is 10.4. The summed E-state index contributed by atoms with van der Waals surface area (Å²) in [5.41, 5.74) is 3.56. The molecule has 1 atom stereocenters. The topological polar surface area (TPSA) is 93.7 Å². The number of esters is 1. The van der Waals surface area contributed by atoms with Gasteiger partial charge in [-0.2, -0.15) is 0 Å². The van der Waals surface area contributed by atoms with Crippen LogP contribution < -0.4 is 15.4 Å². The lowest BCUT2D eigenvalue weighted by atomic mass is 10.0. The van der Waals surface area contributed by atoms with Crippen LogP contribution in [0.15, 0.2) is 42.5 Å². The first kappa shape index (κ1) is 22.3. The van der Waals surface area contributed by atoms with E-state index < -0.39 is 30.4 Å². The predicted molar refractivity (Wildman–Crippen MR) is 117 cm³/mol. The molecule has 0 aromatic heterocycles. The van der Waals surface area contributed by atoms with Crippen LogP contribution in [-0.4, -0.2) is 37.5 Å². The molecular weight excluding hydrogens is 396 g/mol. The molecule has 1 aliphatic carbocycles. The molecule has 164 valence electrons. The highest BCUT2D eigenvalue weighted by Gasteiger charge is 2.27. The number of carbonyl (C=O) groups excluding carboxylic acids is 3. The fourth-order valence-corrected chi connectivity index (χ4v) is 3.62. The van der Waals surface area contributed by atoms with Crippen LogP contribution in [0.1, 0.15) is 41.8 Å². The molecule has 0 saturated heterocycles. The van der Waals surface area contributed by atoms with E-state index in [2.05, 4.69) is 10.6 Å². The van der Waals surface area contributed by atoms with Gasteiger partial charge in [-0.1, -0.05) is 32.0 Å². The number of methoxy groups -OCH3 is 1. The van der Waals surface area contributed by atoms with Gasteiger partial charge in [-0.3, -0.25) is 9.59 Å². The second kappa shape index (κ2) is 10.1. The van der Waals surface area contributed by atoms with E-state index in [1.807, 2.05) is 18.2 Å². The summed E-state index contributed by atoms with van der Waals surface area (Å²) < 4.78 is 10.4. The lowest BCUT2D eigenvalue weighted by Crippen LogP contribution is -2.46. The maximum absolute atomic E-state index is 12.6. The van der Waals surface area contributed by atoms with Gasteiger partial charge in [0.1, 0.15) is 11.8 Å². The Bertz CT molecular complexity index is 970. The number of carbonyl (C=O) groups is 3. The molecule has 0 fully saturated rings.